The number of hydrogen-bond acceptors (Lipinski definition) is 5. The van der Waals surface area contributed by atoms with Gasteiger partial charge in [-0.25, -0.2) is 0 Å². The predicted octanol–water partition coefficient (Wildman–Crippen LogP) is 2.31. The van der Waals surface area contributed by atoms with Crippen LogP contribution in [0.4, 0.5) is 0 Å². The van der Waals surface area contributed by atoms with Crippen LogP contribution in [0.2, 0.25) is 0 Å². The molecular formula is C22H34N2O5. The van der Waals surface area contributed by atoms with Gasteiger partial charge in [0.15, 0.2) is 0 Å². The molecule has 0 radical (unpaired) electrons. The zero-order valence-electron chi connectivity index (χ0n) is 17.4. The fourth-order valence-corrected chi connectivity index (χ4v) is 2.21. The Labute approximate surface area is 173 Å². The quantitative estimate of drug-likeness (QED) is 0.512. The summed E-state index contributed by atoms with van der Waals surface area (Å²) in [6.07, 6.45) is 1.61. The predicted molar refractivity (Wildman–Crippen MR) is 116 cm³/mol. The first-order chi connectivity index (χ1) is 13.6. The molecule has 2 aromatic rings. The molecule has 0 saturated carbocycles. The van der Waals surface area contributed by atoms with Gasteiger partial charge >= 0.3 is 0 Å². The van der Waals surface area contributed by atoms with Gasteiger partial charge in [0, 0.05) is 32.5 Å². The van der Waals surface area contributed by atoms with Crippen LogP contribution in [-0.4, -0.2) is 45.9 Å². The average molecular weight is 407 g/mol. The first-order valence-electron chi connectivity index (χ1n) is 9.16. The topological polar surface area (TPSA) is 147 Å². The van der Waals surface area contributed by atoms with E-state index in [1.165, 1.54) is 11.1 Å². The summed E-state index contributed by atoms with van der Waals surface area (Å²) in [6.45, 7) is 4.58. The summed E-state index contributed by atoms with van der Waals surface area (Å²) in [6, 6.07) is 20.6. The van der Waals surface area contributed by atoms with E-state index in [0.29, 0.717) is 6.54 Å². The Morgan fingerprint density at radius 2 is 1.07 bits per heavy atom. The van der Waals surface area contributed by atoms with Crippen molar-refractivity contribution in [1.82, 2.24) is 0 Å². The third-order valence-electron chi connectivity index (χ3n) is 3.20. The largest absolute Gasteiger partial charge is 0.481 e. The second kappa shape index (κ2) is 17.4. The van der Waals surface area contributed by atoms with Gasteiger partial charge in [0.25, 0.3) is 11.9 Å². The monoisotopic (exact) mass is 406 g/mol. The Morgan fingerprint density at radius 3 is 1.28 bits per heavy atom. The van der Waals surface area contributed by atoms with Gasteiger partial charge in [0.05, 0.1) is 0 Å². The van der Waals surface area contributed by atoms with Crippen molar-refractivity contribution >= 4 is 11.9 Å². The molecule has 0 atom stereocenters. The zero-order valence-corrected chi connectivity index (χ0v) is 17.4. The molecule has 0 unspecified atom stereocenters. The van der Waals surface area contributed by atoms with Crippen LogP contribution < -0.4 is 11.5 Å². The van der Waals surface area contributed by atoms with Gasteiger partial charge < -0.3 is 26.8 Å². The minimum absolute atomic E-state index is 0.250. The van der Waals surface area contributed by atoms with Crippen molar-refractivity contribution in [3.8, 4) is 0 Å². The Morgan fingerprint density at radius 1 is 0.828 bits per heavy atom. The van der Waals surface area contributed by atoms with Gasteiger partial charge in [-0.1, -0.05) is 60.7 Å². The van der Waals surface area contributed by atoms with E-state index in [4.69, 9.17) is 36.4 Å². The van der Waals surface area contributed by atoms with Gasteiger partial charge in [-0.15, -0.1) is 0 Å². The lowest BCUT2D eigenvalue weighted by atomic mass is 9.86. The average Bonchev–Trinajstić information content (AvgIpc) is 2.63. The summed E-state index contributed by atoms with van der Waals surface area (Å²) in [5.41, 5.74) is 14.4. The summed E-state index contributed by atoms with van der Waals surface area (Å²) in [4.78, 5) is 18.0. The number of benzene rings is 2. The number of rotatable bonds is 5. The van der Waals surface area contributed by atoms with Crippen LogP contribution in [0.15, 0.2) is 60.7 Å². The molecule has 0 aliphatic rings. The Balaban J connectivity index is 0. The third-order valence-corrected chi connectivity index (χ3v) is 3.20. The lowest BCUT2D eigenvalue weighted by Crippen LogP contribution is -2.50. The van der Waals surface area contributed by atoms with E-state index in [9.17, 15) is 0 Å². The van der Waals surface area contributed by atoms with Gasteiger partial charge in [0.2, 0.25) is 0 Å². The fourth-order valence-electron chi connectivity index (χ4n) is 2.21. The van der Waals surface area contributed by atoms with Crippen molar-refractivity contribution in [3.63, 3.8) is 0 Å². The van der Waals surface area contributed by atoms with E-state index in [2.05, 4.69) is 24.3 Å². The van der Waals surface area contributed by atoms with Crippen molar-refractivity contribution < 1.29 is 24.9 Å². The summed E-state index contributed by atoms with van der Waals surface area (Å²) in [5, 5.41) is 22.4. The molecule has 7 heteroatoms. The highest BCUT2D eigenvalue weighted by molar-refractivity contribution is 5.63. The number of carboxylic acid groups (broad SMARTS) is 2. The summed E-state index contributed by atoms with van der Waals surface area (Å²) < 4.78 is 0. The van der Waals surface area contributed by atoms with Crippen molar-refractivity contribution in [2.24, 2.45) is 11.5 Å². The lowest BCUT2D eigenvalue weighted by molar-refractivity contribution is -0.135. The highest BCUT2D eigenvalue weighted by atomic mass is 16.4. The van der Waals surface area contributed by atoms with Crippen LogP contribution in [0.5, 0.6) is 0 Å². The summed E-state index contributed by atoms with van der Waals surface area (Å²) in [7, 11) is 0. The third kappa shape index (κ3) is 19.8. The Hall–Kier alpha value is -2.74. The molecule has 162 valence electrons. The van der Waals surface area contributed by atoms with E-state index in [-0.39, 0.29) is 12.1 Å². The molecule has 0 saturated heterocycles. The molecule has 0 amide bonds. The van der Waals surface area contributed by atoms with Gasteiger partial charge in [-0.2, -0.15) is 0 Å². The van der Waals surface area contributed by atoms with Crippen molar-refractivity contribution in [3.05, 3.63) is 71.8 Å². The molecule has 29 heavy (non-hydrogen) atoms. The first kappa shape index (κ1) is 28.5. The van der Waals surface area contributed by atoms with Crippen LogP contribution in [0.3, 0.4) is 0 Å². The number of carbonyl (C=O) groups is 2. The van der Waals surface area contributed by atoms with Gasteiger partial charge in [-0.05, 0) is 30.9 Å². The number of hydrogen-bond donors (Lipinski definition) is 5. The maximum atomic E-state index is 9.00. The normalized spacial score (nSPS) is 9.45. The highest BCUT2D eigenvalue weighted by Gasteiger charge is 2.23. The van der Waals surface area contributed by atoms with E-state index < -0.39 is 11.9 Å². The molecule has 0 aliphatic carbocycles. The molecule has 0 aliphatic heterocycles. The first-order valence-corrected chi connectivity index (χ1v) is 9.16. The Bertz CT molecular complexity index is 602. The molecule has 7 N–H and O–H groups in total. The Kier molecular flexibility index (Phi) is 17.0. The highest BCUT2D eigenvalue weighted by Crippen LogP contribution is 2.16. The van der Waals surface area contributed by atoms with E-state index in [0.717, 1.165) is 26.7 Å². The molecular weight excluding hydrogens is 372 g/mol. The number of aliphatic hydroxyl groups is 1. The maximum Gasteiger partial charge on any atom is 0.300 e. The maximum absolute atomic E-state index is 9.00. The van der Waals surface area contributed by atoms with Crippen molar-refractivity contribution in [2.75, 3.05) is 13.2 Å². The van der Waals surface area contributed by atoms with Crippen molar-refractivity contribution in [2.45, 2.75) is 39.2 Å². The molecule has 2 rings (SSSR count). The molecule has 0 fully saturated rings. The molecule has 0 bridgehead atoms. The summed E-state index contributed by atoms with van der Waals surface area (Å²) in [5.74, 6) is -1.67. The molecule has 7 nitrogen and oxygen atoms in total. The van der Waals surface area contributed by atoms with E-state index in [1.807, 2.05) is 36.4 Å². The molecule has 2 aromatic carbocycles. The summed E-state index contributed by atoms with van der Waals surface area (Å²) >= 11 is 0. The SMILES string of the molecule is CC(=O)O.CC(=O)O.CCO.NCC(N)(Cc1ccccc1)Cc1ccccc1. The minimum Gasteiger partial charge on any atom is -0.481 e. The molecule has 0 heterocycles. The standard InChI is InChI=1S/C16H20N2.2C2H4O2.C2H6O/c17-13-16(18,11-14-7-3-1-4-8-14)12-15-9-5-2-6-10-15;2*1-2(3)4;1-2-3/h1-10H,11-13,17-18H2;2*1H3,(H,3,4);3H,2H2,1H3. The van der Waals surface area contributed by atoms with Crippen LogP contribution in [0.25, 0.3) is 0 Å². The number of aliphatic hydroxyl groups excluding tert-OH is 1. The van der Waals surface area contributed by atoms with Crippen LogP contribution >= 0.6 is 0 Å². The van der Waals surface area contributed by atoms with Crippen LogP contribution in [0, 0.1) is 0 Å². The molecule has 0 spiro atoms. The number of nitrogens with two attached hydrogens (primary N) is 2. The zero-order chi connectivity index (χ0) is 22.7. The van der Waals surface area contributed by atoms with E-state index in [1.54, 1.807) is 6.92 Å². The smallest absolute Gasteiger partial charge is 0.300 e. The number of aliphatic carboxylic acids is 2. The second-order valence-corrected chi connectivity index (χ2v) is 6.25. The van der Waals surface area contributed by atoms with Crippen molar-refractivity contribution in [1.29, 1.82) is 0 Å². The number of carboxylic acids is 2. The fraction of sp³-hybridized carbons (Fsp3) is 0.364. The lowest BCUT2D eigenvalue weighted by Gasteiger charge is -2.28. The minimum atomic E-state index is -0.833. The second-order valence-electron chi connectivity index (χ2n) is 6.25. The van der Waals surface area contributed by atoms with Gasteiger partial charge in [-0.3, -0.25) is 9.59 Å². The van der Waals surface area contributed by atoms with Crippen LogP contribution in [-0.2, 0) is 22.4 Å². The van der Waals surface area contributed by atoms with Crippen LogP contribution in [0.1, 0.15) is 31.9 Å². The van der Waals surface area contributed by atoms with E-state index >= 15 is 0 Å². The van der Waals surface area contributed by atoms with Gasteiger partial charge in [0.1, 0.15) is 0 Å². The molecule has 0 aromatic heterocycles.